The molecule has 1 aromatic rings. The first-order chi connectivity index (χ1) is 6.50. The Morgan fingerprint density at radius 3 is 2.64 bits per heavy atom. The molecule has 3 N–H and O–H groups in total. The van der Waals surface area contributed by atoms with Crippen LogP contribution in [0.2, 0.25) is 0 Å². The summed E-state index contributed by atoms with van der Waals surface area (Å²) in [7, 11) is 0. The van der Waals surface area contributed by atoms with Crippen LogP contribution in [0.1, 0.15) is 38.6 Å². The second-order valence-electron chi connectivity index (χ2n) is 3.47. The maximum atomic E-state index is 9.20. The summed E-state index contributed by atoms with van der Waals surface area (Å²) >= 11 is 0. The van der Waals surface area contributed by atoms with Gasteiger partial charge in [-0.05, 0) is 20.8 Å². The highest BCUT2D eigenvalue weighted by atomic mass is 16.4. The van der Waals surface area contributed by atoms with Gasteiger partial charge in [-0.2, -0.15) is 0 Å². The molecule has 0 aliphatic carbocycles. The van der Waals surface area contributed by atoms with E-state index in [4.69, 9.17) is 10.2 Å². The van der Waals surface area contributed by atoms with Crippen LogP contribution in [0, 0.1) is 0 Å². The SMILES string of the molecule is CC(C)=Cc1nnc(C(N)C(C)O)o1. The zero-order valence-electron chi connectivity index (χ0n) is 8.56. The van der Waals surface area contributed by atoms with Crippen molar-refractivity contribution < 1.29 is 9.52 Å². The van der Waals surface area contributed by atoms with Gasteiger partial charge in [0.25, 0.3) is 0 Å². The molecule has 0 fully saturated rings. The monoisotopic (exact) mass is 197 g/mol. The summed E-state index contributed by atoms with van der Waals surface area (Å²) in [5.41, 5.74) is 6.68. The number of allylic oxidation sites excluding steroid dienone is 1. The van der Waals surface area contributed by atoms with Crippen LogP contribution in [0.4, 0.5) is 0 Å². The van der Waals surface area contributed by atoms with Crippen LogP contribution in [0.25, 0.3) is 6.08 Å². The molecule has 0 saturated heterocycles. The van der Waals surface area contributed by atoms with Crippen molar-refractivity contribution in [3.05, 3.63) is 17.4 Å². The minimum Gasteiger partial charge on any atom is -0.420 e. The molecule has 0 spiro atoms. The Balaban J connectivity index is 2.83. The highest BCUT2D eigenvalue weighted by Gasteiger charge is 2.18. The Morgan fingerprint density at radius 1 is 1.50 bits per heavy atom. The lowest BCUT2D eigenvalue weighted by Crippen LogP contribution is -2.23. The smallest absolute Gasteiger partial charge is 0.240 e. The van der Waals surface area contributed by atoms with Crippen molar-refractivity contribution in [2.24, 2.45) is 5.73 Å². The second-order valence-corrected chi connectivity index (χ2v) is 3.47. The third-order valence-electron chi connectivity index (χ3n) is 1.67. The number of aromatic nitrogens is 2. The van der Waals surface area contributed by atoms with Gasteiger partial charge in [-0.1, -0.05) is 5.57 Å². The van der Waals surface area contributed by atoms with E-state index in [1.165, 1.54) is 0 Å². The van der Waals surface area contributed by atoms with E-state index in [1.54, 1.807) is 13.0 Å². The van der Waals surface area contributed by atoms with Gasteiger partial charge in [-0.3, -0.25) is 0 Å². The largest absolute Gasteiger partial charge is 0.420 e. The molecule has 1 heterocycles. The van der Waals surface area contributed by atoms with Gasteiger partial charge >= 0.3 is 0 Å². The van der Waals surface area contributed by atoms with E-state index >= 15 is 0 Å². The minimum atomic E-state index is -0.699. The van der Waals surface area contributed by atoms with Crippen molar-refractivity contribution in [1.82, 2.24) is 10.2 Å². The zero-order valence-corrected chi connectivity index (χ0v) is 8.56. The van der Waals surface area contributed by atoms with Crippen LogP contribution < -0.4 is 5.73 Å². The molecule has 1 rings (SSSR count). The number of hydrogen-bond donors (Lipinski definition) is 2. The lowest BCUT2D eigenvalue weighted by atomic mass is 10.2. The van der Waals surface area contributed by atoms with E-state index < -0.39 is 12.1 Å². The maximum Gasteiger partial charge on any atom is 0.240 e. The standard InChI is InChI=1S/C9H15N3O2/c1-5(2)4-7-11-12-9(14-7)8(10)6(3)13/h4,6,8,13H,10H2,1-3H3. The Hall–Kier alpha value is -1.20. The summed E-state index contributed by atoms with van der Waals surface area (Å²) in [6.45, 7) is 5.44. The number of aliphatic hydroxyl groups excluding tert-OH is 1. The first-order valence-corrected chi connectivity index (χ1v) is 4.42. The summed E-state index contributed by atoms with van der Waals surface area (Å²) in [5, 5.41) is 16.7. The first-order valence-electron chi connectivity index (χ1n) is 4.42. The highest BCUT2D eigenvalue weighted by Crippen LogP contribution is 2.13. The molecule has 2 unspecified atom stereocenters. The van der Waals surface area contributed by atoms with Gasteiger partial charge in [0.1, 0.15) is 6.04 Å². The summed E-state index contributed by atoms with van der Waals surface area (Å²) in [6, 6.07) is -0.623. The summed E-state index contributed by atoms with van der Waals surface area (Å²) in [5.74, 6) is 0.670. The predicted octanol–water partition coefficient (Wildman–Crippen LogP) is 0.873. The molecule has 5 nitrogen and oxygen atoms in total. The molecule has 0 bridgehead atoms. The van der Waals surface area contributed by atoms with Crippen molar-refractivity contribution in [2.75, 3.05) is 0 Å². The Kier molecular flexibility index (Phi) is 3.38. The van der Waals surface area contributed by atoms with Gasteiger partial charge < -0.3 is 15.3 Å². The molecule has 0 aliphatic rings. The van der Waals surface area contributed by atoms with Crippen LogP contribution in [0.5, 0.6) is 0 Å². The van der Waals surface area contributed by atoms with Crippen molar-refractivity contribution in [3.8, 4) is 0 Å². The van der Waals surface area contributed by atoms with Crippen LogP contribution >= 0.6 is 0 Å². The normalized spacial score (nSPS) is 14.9. The molecule has 14 heavy (non-hydrogen) atoms. The van der Waals surface area contributed by atoms with E-state index in [0.717, 1.165) is 5.57 Å². The van der Waals surface area contributed by atoms with Crippen molar-refractivity contribution in [3.63, 3.8) is 0 Å². The average molecular weight is 197 g/mol. The summed E-state index contributed by atoms with van der Waals surface area (Å²) in [4.78, 5) is 0. The quantitative estimate of drug-likeness (QED) is 0.751. The second kappa shape index (κ2) is 4.34. The Bertz CT molecular complexity index is 327. The fourth-order valence-electron chi connectivity index (χ4n) is 0.893. The number of hydrogen-bond acceptors (Lipinski definition) is 5. The van der Waals surface area contributed by atoms with Gasteiger partial charge in [0.05, 0.1) is 6.10 Å². The number of rotatable bonds is 3. The molecule has 0 saturated carbocycles. The van der Waals surface area contributed by atoms with Crippen LogP contribution in [-0.4, -0.2) is 21.4 Å². The fourth-order valence-corrected chi connectivity index (χ4v) is 0.893. The van der Waals surface area contributed by atoms with E-state index in [1.807, 2.05) is 13.8 Å². The van der Waals surface area contributed by atoms with Crippen LogP contribution in [-0.2, 0) is 0 Å². The van der Waals surface area contributed by atoms with Crippen molar-refractivity contribution in [1.29, 1.82) is 0 Å². The average Bonchev–Trinajstić information content (AvgIpc) is 2.50. The van der Waals surface area contributed by atoms with Gasteiger partial charge in [-0.15, -0.1) is 10.2 Å². The van der Waals surface area contributed by atoms with E-state index in [0.29, 0.717) is 5.89 Å². The molecule has 78 valence electrons. The van der Waals surface area contributed by atoms with Crippen LogP contribution in [0.3, 0.4) is 0 Å². The number of nitrogens with zero attached hydrogens (tertiary/aromatic N) is 2. The molecular formula is C9H15N3O2. The lowest BCUT2D eigenvalue weighted by molar-refractivity contribution is 0.150. The fraction of sp³-hybridized carbons (Fsp3) is 0.556. The maximum absolute atomic E-state index is 9.20. The lowest BCUT2D eigenvalue weighted by Gasteiger charge is -2.08. The molecule has 0 radical (unpaired) electrons. The minimum absolute atomic E-state index is 0.257. The first kappa shape index (κ1) is 10.9. The van der Waals surface area contributed by atoms with E-state index in [2.05, 4.69) is 10.2 Å². The zero-order chi connectivity index (χ0) is 10.7. The Labute approximate surface area is 82.6 Å². The molecule has 0 amide bonds. The van der Waals surface area contributed by atoms with Gasteiger partial charge in [0.2, 0.25) is 11.8 Å². The topological polar surface area (TPSA) is 85.2 Å². The molecule has 0 aliphatic heterocycles. The summed E-state index contributed by atoms with van der Waals surface area (Å²) in [6.07, 6.45) is 1.06. The molecule has 2 atom stereocenters. The molecule has 1 aromatic heterocycles. The van der Waals surface area contributed by atoms with E-state index in [9.17, 15) is 5.11 Å². The summed E-state index contributed by atoms with van der Waals surface area (Å²) < 4.78 is 5.23. The molecule has 5 heteroatoms. The Morgan fingerprint density at radius 2 is 2.14 bits per heavy atom. The number of nitrogens with two attached hydrogens (primary N) is 1. The highest BCUT2D eigenvalue weighted by molar-refractivity contribution is 5.40. The van der Waals surface area contributed by atoms with Crippen molar-refractivity contribution >= 4 is 6.08 Å². The third-order valence-corrected chi connectivity index (χ3v) is 1.67. The molecule has 0 aromatic carbocycles. The van der Waals surface area contributed by atoms with Crippen LogP contribution in [0.15, 0.2) is 9.99 Å². The van der Waals surface area contributed by atoms with Gasteiger partial charge in [0.15, 0.2) is 0 Å². The molecular weight excluding hydrogens is 182 g/mol. The van der Waals surface area contributed by atoms with E-state index in [-0.39, 0.29) is 5.89 Å². The van der Waals surface area contributed by atoms with Gasteiger partial charge in [0, 0.05) is 6.08 Å². The predicted molar refractivity (Wildman–Crippen MR) is 52.2 cm³/mol. The third kappa shape index (κ3) is 2.65. The van der Waals surface area contributed by atoms with Crippen molar-refractivity contribution in [2.45, 2.75) is 32.9 Å². The number of aliphatic hydroxyl groups is 1. The van der Waals surface area contributed by atoms with Gasteiger partial charge in [-0.25, -0.2) is 0 Å².